The summed E-state index contributed by atoms with van der Waals surface area (Å²) in [6, 6.07) is 7.26. The van der Waals surface area contributed by atoms with Crippen LogP contribution in [0.4, 0.5) is 5.95 Å². The van der Waals surface area contributed by atoms with Crippen LogP contribution in [0.25, 0.3) is 0 Å². The van der Waals surface area contributed by atoms with Gasteiger partial charge in [-0.05, 0) is 25.0 Å². The van der Waals surface area contributed by atoms with Crippen molar-refractivity contribution in [2.24, 2.45) is 0 Å². The molecule has 2 rings (SSSR count). The quantitative estimate of drug-likeness (QED) is 0.887. The highest BCUT2D eigenvalue weighted by Gasteiger charge is 2.19. The Morgan fingerprint density at radius 2 is 1.80 bits per heavy atom. The Labute approximate surface area is 118 Å². The number of hydrogen-bond acceptors (Lipinski definition) is 5. The number of rotatable bonds is 4. The van der Waals surface area contributed by atoms with Crippen molar-refractivity contribution in [3.63, 3.8) is 0 Å². The van der Waals surface area contributed by atoms with Crippen molar-refractivity contribution in [1.82, 2.24) is 14.7 Å². The van der Waals surface area contributed by atoms with Crippen LogP contribution in [0, 0.1) is 6.92 Å². The summed E-state index contributed by atoms with van der Waals surface area (Å²) in [5.74, 6) is 0.0379. The van der Waals surface area contributed by atoms with Gasteiger partial charge >= 0.3 is 0 Å². The third-order valence-electron chi connectivity index (χ3n) is 2.95. The molecule has 0 amide bonds. The second-order valence-corrected chi connectivity index (χ2v) is 6.19. The SMILES string of the molecule is Cc1ccccc1C(C)NS(=O)(=O)c1cnc(N)nc1. The van der Waals surface area contributed by atoms with Crippen LogP contribution >= 0.6 is 0 Å². The molecule has 0 aliphatic rings. The number of hydrogen-bond donors (Lipinski definition) is 2. The first-order valence-corrected chi connectivity index (χ1v) is 7.54. The predicted octanol–water partition coefficient (Wildman–Crippen LogP) is 1.41. The Morgan fingerprint density at radius 1 is 1.20 bits per heavy atom. The summed E-state index contributed by atoms with van der Waals surface area (Å²) in [6.07, 6.45) is 2.38. The second-order valence-electron chi connectivity index (χ2n) is 4.48. The number of nitrogens with two attached hydrogens (primary N) is 1. The molecule has 0 bridgehead atoms. The van der Waals surface area contributed by atoms with Crippen LogP contribution in [-0.4, -0.2) is 18.4 Å². The van der Waals surface area contributed by atoms with Gasteiger partial charge in [0, 0.05) is 6.04 Å². The summed E-state index contributed by atoms with van der Waals surface area (Å²) < 4.78 is 27.0. The van der Waals surface area contributed by atoms with Gasteiger partial charge in [-0.15, -0.1) is 0 Å². The van der Waals surface area contributed by atoms with Gasteiger partial charge in [-0.1, -0.05) is 24.3 Å². The molecular formula is C13H16N4O2S. The summed E-state index contributed by atoms with van der Waals surface area (Å²) in [7, 11) is -3.67. The molecule has 0 saturated carbocycles. The minimum Gasteiger partial charge on any atom is -0.368 e. The second kappa shape index (κ2) is 5.56. The highest BCUT2D eigenvalue weighted by Crippen LogP contribution is 2.19. The standard InChI is InChI=1S/C13H16N4O2S/c1-9-5-3-4-6-12(9)10(2)17-20(18,19)11-7-15-13(14)16-8-11/h3-8,10,17H,1-2H3,(H2,14,15,16). The first-order valence-electron chi connectivity index (χ1n) is 6.05. The van der Waals surface area contributed by atoms with Crippen molar-refractivity contribution in [2.75, 3.05) is 5.73 Å². The maximum atomic E-state index is 12.2. The van der Waals surface area contributed by atoms with Crippen molar-refractivity contribution in [3.8, 4) is 0 Å². The molecule has 0 radical (unpaired) electrons. The third-order valence-corrected chi connectivity index (χ3v) is 4.44. The number of aromatic nitrogens is 2. The molecule has 3 N–H and O–H groups in total. The van der Waals surface area contributed by atoms with Crippen LogP contribution in [-0.2, 0) is 10.0 Å². The third kappa shape index (κ3) is 3.12. The number of benzene rings is 1. The Hall–Kier alpha value is -1.99. The van der Waals surface area contributed by atoms with Crippen LogP contribution in [0.1, 0.15) is 24.1 Å². The molecule has 0 aliphatic heterocycles. The molecule has 1 heterocycles. The van der Waals surface area contributed by atoms with E-state index in [1.165, 1.54) is 12.4 Å². The number of nitrogens with zero attached hydrogens (tertiary/aromatic N) is 2. The minimum absolute atomic E-state index is 0.00728. The lowest BCUT2D eigenvalue weighted by Gasteiger charge is -2.16. The van der Waals surface area contributed by atoms with Gasteiger partial charge in [-0.2, -0.15) is 0 Å². The molecule has 0 saturated heterocycles. The summed E-state index contributed by atoms with van der Waals surface area (Å²) in [4.78, 5) is 7.37. The van der Waals surface area contributed by atoms with E-state index in [4.69, 9.17) is 5.73 Å². The number of nitrogens with one attached hydrogen (secondary N) is 1. The molecule has 2 aromatic rings. The smallest absolute Gasteiger partial charge is 0.244 e. The predicted molar refractivity (Wildman–Crippen MR) is 76.4 cm³/mol. The van der Waals surface area contributed by atoms with Gasteiger partial charge in [-0.3, -0.25) is 0 Å². The van der Waals surface area contributed by atoms with Crippen LogP contribution in [0.2, 0.25) is 0 Å². The van der Waals surface area contributed by atoms with Crippen LogP contribution in [0.3, 0.4) is 0 Å². The fraction of sp³-hybridized carbons (Fsp3) is 0.231. The zero-order chi connectivity index (χ0) is 14.8. The molecular weight excluding hydrogens is 276 g/mol. The number of anilines is 1. The van der Waals surface area contributed by atoms with Gasteiger partial charge in [-0.25, -0.2) is 23.1 Å². The highest BCUT2D eigenvalue weighted by atomic mass is 32.2. The van der Waals surface area contributed by atoms with Gasteiger partial charge in [0.15, 0.2) is 0 Å². The molecule has 0 spiro atoms. The van der Waals surface area contributed by atoms with E-state index >= 15 is 0 Å². The van der Waals surface area contributed by atoms with Gasteiger partial charge in [0.25, 0.3) is 0 Å². The Morgan fingerprint density at radius 3 is 2.40 bits per heavy atom. The van der Waals surface area contributed by atoms with Gasteiger partial charge in [0.05, 0.1) is 12.4 Å². The lowest BCUT2D eigenvalue weighted by Crippen LogP contribution is -2.27. The number of aryl methyl sites for hydroxylation is 1. The average Bonchev–Trinajstić information content (AvgIpc) is 2.39. The zero-order valence-electron chi connectivity index (χ0n) is 11.2. The molecule has 0 aliphatic carbocycles. The molecule has 106 valence electrons. The van der Waals surface area contributed by atoms with Crippen LogP contribution in [0.5, 0.6) is 0 Å². The topological polar surface area (TPSA) is 98.0 Å². The molecule has 7 heteroatoms. The van der Waals surface area contributed by atoms with E-state index in [0.29, 0.717) is 0 Å². The Kier molecular flexibility index (Phi) is 4.01. The van der Waals surface area contributed by atoms with E-state index < -0.39 is 10.0 Å². The van der Waals surface area contributed by atoms with E-state index in [1.807, 2.05) is 31.2 Å². The number of nitrogen functional groups attached to an aromatic ring is 1. The van der Waals surface area contributed by atoms with E-state index in [0.717, 1.165) is 11.1 Å². The molecule has 1 aromatic carbocycles. The van der Waals surface area contributed by atoms with E-state index in [1.54, 1.807) is 6.92 Å². The van der Waals surface area contributed by atoms with Crippen molar-refractivity contribution in [3.05, 3.63) is 47.8 Å². The molecule has 1 atom stereocenters. The summed E-state index contributed by atoms with van der Waals surface area (Å²) in [5.41, 5.74) is 7.29. The first kappa shape index (κ1) is 14.4. The lowest BCUT2D eigenvalue weighted by molar-refractivity contribution is 0.565. The Bertz CT molecular complexity index is 699. The molecule has 20 heavy (non-hydrogen) atoms. The largest absolute Gasteiger partial charge is 0.368 e. The normalized spacial score (nSPS) is 13.1. The van der Waals surface area contributed by atoms with Gasteiger partial charge in [0.2, 0.25) is 16.0 Å². The fourth-order valence-corrected chi connectivity index (χ4v) is 3.01. The average molecular weight is 292 g/mol. The van der Waals surface area contributed by atoms with Crippen LogP contribution in [0.15, 0.2) is 41.6 Å². The zero-order valence-corrected chi connectivity index (χ0v) is 12.1. The summed E-state index contributed by atoms with van der Waals surface area (Å²) in [5, 5.41) is 0. The summed E-state index contributed by atoms with van der Waals surface area (Å²) >= 11 is 0. The number of sulfonamides is 1. The summed E-state index contributed by atoms with van der Waals surface area (Å²) in [6.45, 7) is 3.73. The van der Waals surface area contributed by atoms with Crippen LogP contribution < -0.4 is 10.5 Å². The molecule has 6 nitrogen and oxygen atoms in total. The first-order chi connectivity index (χ1) is 9.40. The molecule has 0 fully saturated rings. The Balaban J connectivity index is 2.24. The molecule has 1 aromatic heterocycles. The van der Waals surface area contributed by atoms with E-state index in [-0.39, 0.29) is 16.9 Å². The highest BCUT2D eigenvalue weighted by molar-refractivity contribution is 7.89. The maximum Gasteiger partial charge on any atom is 0.244 e. The molecule has 1 unspecified atom stereocenters. The lowest BCUT2D eigenvalue weighted by atomic mass is 10.0. The van der Waals surface area contributed by atoms with E-state index in [2.05, 4.69) is 14.7 Å². The van der Waals surface area contributed by atoms with Crippen molar-refractivity contribution < 1.29 is 8.42 Å². The van der Waals surface area contributed by atoms with Gasteiger partial charge < -0.3 is 5.73 Å². The maximum absolute atomic E-state index is 12.2. The monoisotopic (exact) mass is 292 g/mol. The minimum atomic E-state index is -3.67. The van der Waals surface area contributed by atoms with Crippen molar-refractivity contribution in [2.45, 2.75) is 24.8 Å². The van der Waals surface area contributed by atoms with Crippen molar-refractivity contribution in [1.29, 1.82) is 0 Å². The van der Waals surface area contributed by atoms with Gasteiger partial charge in [0.1, 0.15) is 4.90 Å². The fourth-order valence-electron chi connectivity index (χ4n) is 1.90. The van der Waals surface area contributed by atoms with Crippen molar-refractivity contribution >= 4 is 16.0 Å². The van der Waals surface area contributed by atoms with E-state index in [9.17, 15) is 8.42 Å².